The van der Waals surface area contributed by atoms with Crippen molar-refractivity contribution in [3.8, 4) is 11.8 Å². The van der Waals surface area contributed by atoms with Crippen molar-refractivity contribution in [1.29, 1.82) is 5.26 Å². The minimum Gasteiger partial charge on any atom is -0.497 e. The Morgan fingerprint density at radius 2 is 2.27 bits per heavy atom. The zero-order valence-corrected chi connectivity index (χ0v) is 9.05. The first kappa shape index (κ1) is 13.7. The SMILES string of the molecule is COc1ccc([C@H](N)CC#N)c(F)c1.Cl. The van der Waals surface area contributed by atoms with Crippen LogP contribution < -0.4 is 10.5 Å². The van der Waals surface area contributed by atoms with Crippen LogP contribution in [0, 0.1) is 17.1 Å². The third-order valence-corrected chi connectivity index (χ3v) is 1.92. The molecule has 82 valence electrons. The zero-order valence-electron chi connectivity index (χ0n) is 8.24. The minimum absolute atomic E-state index is 0. The minimum atomic E-state index is -0.578. The molecule has 1 atom stereocenters. The number of hydrogen-bond donors (Lipinski definition) is 1. The van der Waals surface area contributed by atoms with E-state index in [4.69, 9.17) is 15.7 Å². The van der Waals surface area contributed by atoms with Gasteiger partial charge in [0.2, 0.25) is 0 Å². The number of methoxy groups -OCH3 is 1. The Morgan fingerprint density at radius 1 is 1.60 bits per heavy atom. The second-order valence-corrected chi connectivity index (χ2v) is 2.86. The third-order valence-electron chi connectivity index (χ3n) is 1.92. The van der Waals surface area contributed by atoms with Crippen LogP contribution in [0.2, 0.25) is 0 Å². The zero-order chi connectivity index (χ0) is 10.6. The number of rotatable bonds is 3. The number of halogens is 2. The highest BCUT2D eigenvalue weighted by Gasteiger charge is 2.11. The van der Waals surface area contributed by atoms with Crippen LogP contribution in [0.5, 0.6) is 5.75 Å². The molecule has 1 aromatic rings. The van der Waals surface area contributed by atoms with Gasteiger partial charge in [-0.1, -0.05) is 6.07 Å². The van der Waals surface area contributed by atoms with Crippen molar-refractivity contribution in [2.45, 2.75) is 12.5 Å². The van der Waals surface area contributed by atoms with E-state index in [0.29, 0.717) is 11.3 Å². The van der Waals surface area contributed by atoms with Crippen LogP contribution in [0.3, 0.4) is 0 Å². The van der Waals surface area contributed by atoms with Crippen LogP contribution in [0.1, 0.15) is 18.0 Å². The van der Waals surface area contributed by atoms with E-state index in [1.807, 2.05) is 6.07 Å². The van der Waals surface area contributed by atoms with E-state index in [1.165, 1.54) is 19.2 Å². The van der Waals surface area contributed by atoms with E-state index in [9.17, 15) is 4.39 Å². The van der Waals surface area contributed by atoms with Crippen molar-refractivity contribution in [2.24, 2.45) is 5.73 Å². The molecule has 0 aromatic heterocycles. The normalized spacial score (nSPS) is 11.1. The van der Waals surface area contributed by atoms with E-state index in [1.54, 1.807) is 6.07 Å². The van der Waals surface area contributed by atoms with Gasteiger partial charge in [-0.15, -0.1) is 12.4 Å². The van der Waals surface area contributed by atoms with Crippen LogP contribution in [0.4, 0.5) is 4.39 Å². The van der Waals surface area contributed by atoms with Crippen LogP contribution in [-0.4, -0.2) is 7.11 Å². The lowest BCUT2D eigenvalue weighted by atomic mass is 10.0. The molecular weight excluding hydrogens is 219 g/mol. The largest absolute Gasteiger partial charge is 0.497 e. The fraction of sp³-hybridized carbons (Fsp3) is 0.300. The van der Waals surface area contributed by atoms with Gasteiger partial charge in [0, 0.05) is 17.7 Å². The monoisotopic (exact) mass is 230 g/mol. The number of ether oxygens (including phenoxy) is 1. The maximum Gasteiger partial charge on any atom is 0.131 e. The first-order chi connectivity index (χ1) is 6.69. The standard InChI is InChI=1S/C10H11FN2O.ClH/c1-14-7-2-3-8(9(11)6-7)10(13)4-5-12;/h2-3,6,10H,4,13H2,1H3;1H/t10-;/m1./s1. The molecule has 0 heterocycles. The molecule has 1 aromatic carbocycles. The Hall–Kier alpha value is -1.31. The number of nitriles is 1. The molecule has 5 heteroatoms. The Balaban J connectivity index is 0.00000196. The van der Waals surface area contributed by atoms with Crippen LogP contribution in [-0.2, 0) is 0 Å². The molecular formula is C10H12ClFN2O. The van der Waals surface area contributed by atoms with Gasteiger partial charge in [-0.3, -0.25) is 0 Å². The van der Waals surface area contributed by atoms with Crippen molar-refractivity contribution in [3.05, 3.63) is 29.6 Å². The van der Waals surface area contributed by atoms with Gasteiger partial charge in [-0.2, -0.15) is 5.26 Å². The number of hydrogen-bond acceptors (Lipinski definition) is 3. The highest BCUT2D eigenvalue weighted by atomic mass is 35.5. The maximum atomic E-state index is 13.3. The topological polar surface area (TPSA) is 59.0 Å². The molecule has 2 N–H and O–H groups in total. The third kappa shape index (κ3) is 3.39. The van der Waals surface area contributed by atoms with Crippen molar-refractivity contribution in [3.63, 3.8) is 0 Å². The van der Waals surface area contributed by atoms with Gasteiger partial charge >= 0.3 is 0 Å². The summed E-state index contributed by atoms with van der Waals surface area (Å²) in [4.78, 5) is 0. The van der Waals surface area contributed by atoms with Crippen LogP contribution in [0.25, 0.3) is 0 Å². The first-order valence-corrected chi connectivity index (χ1v) is 4.15. The molecule has 0 bridgehead atoms. The lowest BCUT2D eigenvalue weighted by molar-refractivity contribution is 0.410. The predicted octanol–water partition coefficient (Wildman–Crippen LogP) is 2.17. The Morgan fingerprint density at radius 3 is 2.73 bits per heavy atom. The molecule has 0 aliphatic rings. The Kier molecular flexibility index (Phi) is 5.68. The summed E-state index contributed by atoms with van der Waals surface area (Å²) >= 11 is 0. The molecule has 0 fully saturated rings. The van der Waals surface area contributed by atoms with E-state index in [2.05, 4.69) is 0 Å². The molecule has 0 saturated carbocycles. The van der Waals surface area contributed by atoms with Gasteiger partial charge in [-0.25, -0.2) is 4.39 Å². The molecule has 0 aliphatic heterocycles. The summed E-state index contributed by atoms with van der Waals surface area (Å²) in [6.07, 6.45) is 0.100. The summed E-state index contributed by atoms with van der Waals surface area (Å²) in [7, 11) is 1.46. The van der Waals surface area contributed by atoms with Gasteiger partial charge in [0.05, 0.1) is 19.6 Å². The van der Waals surface area contributed by atoms with Crippen molar-refractivity contribution < 1.29 is 9.13 Å². The summed E-state index contributed by atoms with van der Waals surface area (Å²) in [5.74, 6) is 0.00232. The van der Waals surface area contributed by atoms with Crippen molar-refractivity contribution in [1.82, 2.24) is 0 Å². The lowest BCUT2D eigenvalue weighted by Crippen LogP contribution is -2.11. The molecule has 15 heavy (non-hydrogen) atoms. The quantitative estimate of drug-likeness (QED) is 0.866. The summed E-state index contributed by atoms with van der Waals surface area (Å²) in [5, 5.41) is 8.41. The second-order valence-electron chi connectivity index (χ2n) is 2.86. The predicted molar refractivity (Wildman–Crippen MR) is 57.4 cm³/mol. The molecule has 3 nitrogen and oxygen atoms in total. The summed E-state index contributed by atoms with van der Waals surface area (Å²) in [5.41, 5.74) is 5.93. The van der Waals surface area contributed by atoms with Crippen molar-refractivity contribution >= 4 is 12.4 Å². The highest BCUT2D eigenvalue weighted by Crippen LogP contribution is 2.21. The molecule has 0 saturated heterocycles. The van der Waals surface area contributed by atoms with E-state index in [-0.39, 0.29) is 18.8 Å². The van der Waals surface area contributed by atoms with Gasteiger partial charge in [0.25, 0.3) is 0 Å². The molecule has 0 amide bonds. The van der Waals surface area contributed by atoms with Crippen molar-refractivity contribution in [2.75, 3.05) is 7.11 Å². The molecule has 0 spiro atoms. The number of benzene rings is 1. The van der Waals surface area contributed by atoms with Gasteiger partial charge in [0.1, 0.15) is 11.6 Å². The number of nitrogens with zero attached hydrogens (tertiary/aromatic N) is 1. The van der Waals surface area contributed by atoms with E-state index < -0.39 is 11.9 Å². The Bertz CT molecular complexity index is 365. The fourth-order valence-corrected chi connectivity index (χ4v) is 1.14. The van der Waals surface area contributed by atoms with Gasteiger partial charge in [0.15, 0.2) is 0 Å². The maximum absolute atomic E-state index is 13.3. The summed E-state index contributed by atoms with van der Waals surface area (Å²) < 4.78 is 18.2. The first-order valence-electron chi connectivity index (χ1n) is 4.15. The van der Waals surface area contributed by atoms with Crippen LogP contribution >= 0.6 is 12.4 Å². The van der Waals surface area contributed by atoms with E-state index >= 15 is 0 Å². The smallest absolute Gasteiger partial charge is 0.131 e. The van der Waals surface area contributed by atoms with Gasteiger partial charge in [-0.05, 0) is 6.07 Å². The Labute approximate surface area is 94.1 Å². The fourth-order valence-electron chi connectivity index (χ4n) is 1.14. The highest BCUT2D eigenvalue weighted by molar-refractivity contribution is 5.85. The van der Waals surface area contributed by atoms with Gasteiger partial charge < -0.3 is 10.5 Å². The average Bonchev–Trinajstić information content (AvgIpc) is 2.17. The van der Waals surface area contributed by atoms with E-state index in [0.717, 1.165) is 0 Å². The average molecular weight is 231 g/mol. The molecule has 0 unspecified atom stereocenters. The summed E-state index contributed by atoms with van der Waals surface area (Å²) in [6, 6.07) is 5.74. The molecule has 0 radical (unpaired) electrons. The molecule has 0 aliphatic carbocycles. The second kappa shape index (κ2) is 6.23. The number of nitrogens with two attached hydrogens (primary N) is 1. The molecule has 1 rings (SSSR count). The lowest BCUT2D eigenvalue weighted by Gasteiger charge is -2.09. The van der Waals surface area contributed by atoms with Crippen LogP contribution in [0.15, 0.2) is 18.2 Å². The summed E-state index contributed by atoms with van der Waals surface area (Å²) in [6.45, 7) is 0.